The second-order valence-electron chi connectivity index (χ2n) is 5.35. The first-order valence-electron chi connectivity index (χ1n) is 6.82. The number of halogens is 1. The van der Waals surface area contributed by atoms with E-state index < -0.39 is 0 Å². The Morgan fingerprint density at radius 1 is 1.18 bits per heavy atom. The van der Waals surface area contributed by atoms with Gasteiger partial charge in [-0.1, -0.05) is 12.8 Å². The van der Waals surface area contributed by atoms with Gasteiger partial charge in [0.25, 0.3) is 0 Å². The molecule has 0 radical (unpaired) electrons. The summed E-state index contributed by atoms with van der Waals surface area (Å²) in [6.45, 7) is 3.16. The second kappa shape index (κ2) is 7.93. The van der Waals surface area contributed by atoms with Crippen LogP contribution in [0.3, 0.4) is 0 Å². The van der Waals surface area contributed by atoms with Gasteiger partial charge in [0.2, 0.25) is 5.91 Å². The molecule has 1 aliphatic carbocycles. The summed E-state index contributed by atoms with van der Waals surface area (Å²) in [5.41, 5.74) is 0. The highest BCUT2D eigenvalue weighted by Crippen LogP contribution is 2.23. The van der Waals surface area contributed by atoms with Gasteiger partial charge in [0, 0.05) is 13.0 Å². The number of carbonyl (C=O) groups is 1. The summed E-state index contributed by atoms with van der Waals surface area (Å²) < 4.78 is 0. The third kappa shape index (κ3) is 5.26. The minimum atomic E-state index is 0. The summed E-state index contributed by atoms with van der Waals surface area (Å²) in [7, 11) is 0. The van der Waals surface area contributed by atoms with Gasteiger partial charge in [0.1, 0.15) is 0 Å². The smallest absolute Gasteiger partial charge is 0.220 e. The van der Waals surface area contributed by atoms with Crippen LogP contribution in [0.1, 0.15) is 44.9 Å². The fraction of sp³-hybridized carbons (Fsp3) is 0.923. The van der Waals surface area contributed by atoms with Crippen LogP contribution in [0.5, 0.6) is 0 Å². The van der Waals surface area contributed by atoms with Crippen molar-refractivity contribution in [2.75, 3.05) is 19.6 Å². The maximum absolute atomic E-state index is 11.6. The topological polar surface area (TPSA) is 41.1 Å². The van der Waals surface area contributed by atoms with Gasteiger partial charge in [-0.05, 0) is 50.6 Å². The average Bonchev–Trinajstić information content (AvgIpc) is 2.96. The summed E-state index contributed by atoms with van der Waals surface area (Å²) in [5.74, 6) is 1.76. The van der Waals surface area contributed by atoms with Crippen molar-refractivity contribution in [3.05, 3.63) is 0 Å². The zero-order chi connectivity index (χ0) is 11.2. The van der Waals surface area contributed by atoms with Crippen LogP contribution in [0, 0.1) is 11.8 Å². The van der Waals surface area contributed by atoms with E-state index >= 15 is 0 Å². The second-order valence-corrected chi connectivity index (χ2v) is 5.35. The molecule has 2 rings (SSSR count). The lowest BCUT2D eigenvalue weighted by atomic mass is 10.0. The molecule has 17 heavy (non-hydrogen) atoms. The van der Waals surface area contributed by atoms with E-state index in [-0.39, 0.29) is 18.3 Å². The fourth-order valence-corrected chi connectivity index (χ4v) is 2.86. The van der Waals surface area contributed by atoms with Crippen molar-refractivity contribution in [1.29, 1.82) is 0 Å². The monoisotopic (exact) mass is 260 g/mol. The van der Waals surface area contributed by atoms with Crippen molar-refractivity contribution in [1.82, 2.24) is 10.6 Å². The number of amides is 1. The Labute approximate surface area is 111 Å². The van der Waals surface area contributed by atoms with Gasteiger partial charge in [-0.25, -0.2) is 0 Å². The standard InChI is InChI=1S/C13H24N2O.ClH/c16-13(6-5-12-7-8-14-9-12)15-10-11-3-1-2-4-11;/h11-12,14H,1-10H2,(H,15,16);1H. The number of carbonyl (C=O) groups excluding carboxylic acids is 1. The Kier molecular flexibility index (Phi) is 6.90. The number of rotatable bonds is 5. The van der Waals surface area contributed by atoms with Crippen molar-refractivity contribution in [3.63, 3.8) is 0 Å². The van der Waals surface area contributed by atoms with E-state index in [0.717, 1.165) is 44.3 Å². The maximum Gasteiger partial charge on any atom is 0.220 e. The lowest BCUT2D eigenvalue weighted by molar-refractivity contribution is -0.121. The summed E-state index contributed by atoms with van der Waals surface area (Å²) >= 11 is 0. The van der Waals surface area contributed by atoms with Crippen molar-refractivity contribution >= 4 is 18.3 Å². The van der Waals surface area contributed by atoms with E-state index in [0.29, 0.717) is 0 Å². The molecule has 0 bridgehead atoms. The van der Waals surface area contributed by atoms with Crippen LogP contribution in [0.2, 0.25) is 0 Å². The van der Waals surface area contributed by atoms with Crippen LogP contribution in [-0.4, -0.2) is 25.5 Å². The molecule has 0 spiro atoms. The van der Waals surface area contributed by atoms with Crippen molar-refractivity contribution in [2.45, 2.75) is 44.9 Å². The molecule has 3 nitrogen and oxygen atoms in total. The fourth-order valence-electron chi connectivity index (χ4n) is 2.86. The van der Waals surface area contributed by atoms with Crippen LogP contribution >= 0.6 is 12.4 Å². The van der Waals surface area contributed by atoms with Crippen LogP contribution < -0.4 is 10.6 Å². The molecule has 1 heterocycles. The molecule has 1 saturated carbocycles. The van der Waals surface area contributed by atoms with Crippen molar-refractivity contribution < 1.29 is 4.79 Å². The molecule has 1 atom stereocenters. The Bertz CT molecular complexity index is 201. The van der Waals surface area contributed by atoms with E-state index in [1.165, 1.54) is 32.1 Å². The normalized spacial score (nSPS) is 24.6. The molecule has 0 aromatic heterocycles. The van der Waals surface area contributed by atoms with Crippen LogP contribution in [0.15, 0.2) is 0 Å². The predicted octanol–water partition coefficient (Wildman–Crippen LogP) is 2.10. The van der Waals surface area contributed by atoms with E-state index in [9.17, 15) is 4.79 Å². The highest BCUT2D eigenvalue weighted by Gasteiger charge is 2.17. The maximum atomic E-state index is 11.6. The Morgan fingerprint density at radius 2 is 1.94 bits per heavy atom. The van der Waals surface area contributed by atoms with Crippen LogP contribution in [0.4, 0.5) is 0 Å². The summed E-state index contributed by atoms with van der Waals surface area (Å²) in [5, 5.41) is 6.43. The average molecular weight is 261 g/mol. The summed E-state index contributed by atoms with van der Waals surface area (Å²) in [6, 6.07) is 0. The van der Waals surface area contributed by atoms with E-state index in [4.69, 9.17) is 0 Å². The number of hydrogen-bond acceptors (Lipinski definition) is 2. The SMILES string of the molecule is Cl.O=C(CCC1CCNC1)NCC1CCCC1. The van der Waals surface area contributed by atoms with Crippen LogP contribution in [0.25, 0.3) is 0 Å². The Balaban J connectivity index is 0.00000144. The van der Waals surface area contributed by atoms with Gasteiger partial charge in [-0.15, -0.1) is 12.4 Å². The molecule has 4 heteroatoms. The van der Waals surface area contributed by atoms with Gasteiger partial charge in [-0.3, -0.25) is 4.79 Å². The first kappa shape index (κ1) is 14.8. The molecule has 100 valence electrons. The van der Waals surface area contributed by atoms with Gasteiger partial charge in [0.05, 0.1) is 0 Å². The molecular weight excluding hydrogens is 236 g/mol. The molecule has 2 fully saturated rings. The zero-order valence-electron chi connectivity index (χ0n) is 10.5. The minimum Gasteiger partial charge on any atom is -0.356 e. The van der Waals surface area contributed by atoms with Gasteiger partial charge < -0.3 is 10.6 Å². The molecule has 0 aromatic rings. The molecule has 2 N–H and O–H groups in total. The molecular formula is C13H25ClN2O. The first-order chi connectivity index (χ1) is 7.84. The number of hydrogen-bond donors (Lipinski definition) is 2. The predicted molar refractivity (Wildman–Crippen MR) is 72.4 cm³/mol. The van der Waals surface area contributed by atoms with Crippen molar-refractivity contribution in [2.24, 2.45) is 11.8 Å². The summed E-state index contributed by atoms with van der Waals surface area (Å²) in [4.78, 5) is 11.6. The quantitative estimate of drug-likeness (QED) is 0.795. The third-order valence-electron chi connectivity index (χ3n) is 4.00. The van der Waals surface area contributed by atoms with E-state index in [1.54, 1.807) is 0 Å². The molecule has 1 unspecified atom stereocenters. The highest BCUT2D eigenvalue weighted by molar-refractivity contribution is 5.85. The summed E-state index contributed by atoms with van der Waals surface area (Å²) in [6.07, 6.45) is 8.36. The molecule has 1 aliphatic heterocycles. The zero-order valence-corrected chi connectivity index (χ0v) is 11.4. The number of nitrogens with one attached hydrogen (secondary N) is 2. The highest BCUT2D eigenvalue weighted by atomic mass is 35.5. The van der Waals surface area contributed by atoms with Gasteiger partial charge in [-0.2, -0.15) is 0 Å². The van der Waals surface area contributed by atoms with E-state index in [2.05, 4.69) is 10.6 Å². The molecule has 0 aromatic carbocycles. The van der Waals surface area contributed by atoms with E-state index in [1.807, 2.05) is 0 Å². The molecule has 2 aliphatic rings. The first-order valence-corrected chi connectivity index (χ1v) is 6.82. The van der Waals surface area contributed by atoms with Gasteiger partial charge >= 0.3 is 0 Å². The van der Waals surface area contributed by atoms with Crippen molar-refractivity contribution in [3.8, 4) is 0 Å². The minimum absolute atomic E-state index is 0. The third-order valence-corrected chi connectivity index (χ3v) is 4.00. The lowest BCUT2D eigenvalue weighted by Gasteiger charge is -2.11. The molecule has 1 amide bonds. The Morgan fingerprint density at radius 3 is 2.59 bits per heavy atom. The lowest BCUT2D eigenvalue weighted by Crippen LogP contribution is -2.28. The van der Waals surface area contributed by atoms with Gasteiger partial charge in [0.15, 0.2) is 0 Å². The Hall–Kier alpha value is -0.280. The van der Waals surface area contributed by atoms with Crippen LogP contribution in [-0.2, 0) is 4.79 Å². The molecule has 1 saturated heterocycles. The largest absolute Gasteiger partial charge is 0.356 e.